The van der Waals surface area contributed by atoms with Crippen LogP contribution in [-0.2, 0) is 11.2 Å². The predicted molar refractivity (Wildman–Crippen MR) is 84.3 cm³/mol. The Labute approximate surface area is 127 Å². The molecule has 0 saturated carbocycles. The van der Waals surface area contributed by atoms with E-state index in [1.54, 1.807) is 0 Å². The average molecular weight is 290 g/mol. The summed E-state index contributed by atoms with van der Waals surface area (Å²) >= 11 is 0. The molecule has 1 heterocycles. The Morgan fingerprint density at radius 1 is 1.29 bits per heavy atom. The third kappa shape index (κ3) is 5.76. The number of carbonyl (C=O) groups is 1. The van der Waals surface area contributed by atoms with Crippen LogP contribution in [-0.4, -0.2) is 31.8 Å². The molecule has 0 radical (unpaired) electrons. The van der Waals surface area contributed by atoms with E-state index in [9.17, 15) is 4.79 Å². The highest BCUT2D eigenvalue weighted by atomic mass is 16.5. The monoisotopic (exact) mass is 290 g/mol. The van der Waals surface area contributed by atoms with Gasteiger partial charge in [0.15, 0.2) is 0 Å². The third-order valence-corrected chi connectivity index (χ3v) is 3.98. The molecule has 1 aliphatic heterocycles. The van der Waals surface area contributed by atoms with Crippen LogP contribution in [0.2, 0.25) is 0 Å². The maximum absolute atomic E-state index is 11.8. The molecule has 1 aromatic rings. The van der Waals surface area contributed by atoms with Crippen molar-refractivity contribution in [1.29, 1.82) is 0 Å². The number of urea groups is 1. The fourth-order valence-electron chi connectivity index (χ4n) is 2.61. The zero-order valence-corrected chi connectivity index (χ0v) is 12.8. The molecule has 2 atom stereocenters. The summed E-state index contributed by atoms with van der Waals surface area (Å²) in [5.74, 6) is 0.391. The van der Waals surface area contributed by atoms with E-state index >= 15 is 0 Å². The van der Waals surface area contributed by atoms with Crippen LogP contribution in [0.25, 0.3) is 0 Å². The zero-order valence-electron chi connectivity index (χ0n) is 12.8. The van der Waals surface area contributed by atoms with Crippen LogP contribution < -0.4 is 10.6 Å². The third-order valence-electron chi connectivity index (χ3n) is 3.98. The normalized spacial score (nSPS) is 21.8. The number of hydrogen-bond acceptors (Lipinski definition) is 2. The van der Waals surface area contributed by atoms with Gasteiger partial charge < -0.3 is 15.4 Å². The molecule has 4 nitrogen and oxygen atoms in total. The van der Waals surface area contributed by atoms with Crippen molar-refractivity contribution in [2.24, 2.45) is 5.92 Å². The molecule has 2 rings (SSSR count). The van der Waals surface area contributed by atoms with Gasteiger partial charge in [0.2, 0.25) is 0 Å². The summed E-state index contributed by atoms with van der Waals surface area (Å²) in [6, 6.07) is 10.6. The summed E-state index contributed by atoms with van der Waals surface area (Å²) in [6.07, 6.45) is 4.08. The van der Waals surface area contributed by atoms with Gasteiger partial charge in [-0.1, -0.05) is 37.3 Å². The van der Waals surface area contributed by atoms with E-state index in [0.29, 0.717) is 5.92 Å². The quantitative estimate of drug-likeness (QED) is 0.792. The van der Waals surface area contributed by atoms with E-state index < -0.39 is 0 Å². The maximum atomic E-state index is 11.8. The molecule has 21 heavy (non-hydrogen) atoms. The van der Waals surface area contributed by atoms with Crippen molar-refractivity contribution in [1.82, 2.24) is 10.6 Å². The fourth-order valence-corrected chi connectivity index (χ4v) is 2.61. The van der Waals surface area contributed by atoms with Crippen molar-refractivity contribution in [3.05, 3.63) is 35.9 Å². The summed E-state index contributed by atoms with van der Waals surface area (Å²) in [6.45, 7) is 4.33. The molecule has 1 aromatic carbocycles. The van der Waals surface area contributed by atoms with Crippen LogP contribution in [0.1, 0.15) is 31.7 Å². The van der Waals surface area contributed by atoms with Crippen molar-refractivity contribution in [2.45, 2.75) is 38.6 Å². The van der Waals surface area contributed by atoms with Gasteiger partial charge in [0.25, 0.3) is 0 Å². The minimum absolute atomic E-state index is 0.0477. The smallest absolute Gasteiger partial charge is 0.315 e. The second-order valence-corrected chi connectivity index (χ2v) is 5.79. The molecule has 1 aliphatic rings. The number of carbonyl (C=O) groups excluding carboxylic acids is 1. The van der Waals surface area contributed by atoms with Gasteiger partial charge in [0.1, 0.15) is 0 Å². The molecule has 1 saturated heterocycles. The number of benzene rings is 1. The minimum Gasteiger partial charge on any atom is -0.381 e. The number of rotatable bonds is 6. The highest BCUT2D eigenvalue weighted by Crippen LogP contribution is 2.13. The summed E-state index contributed by atoms with van der Waals surface area (Å²) in [4.78, 5) is 11.8. The van der Waals surface area contributed by atoms with E-state index in [1.807, 2.05) is 6.07 Å². The van der Waals surface area contributed by atoms with Crippen LogP contribution in [0.3, 0.4) is 0 Å². The Bertz CT molecular complexity index is 422. The van der Waals surface area contributed by atoms with Gasteiger partial charge in [-0.2, -0.15) is 0 Å². The zero-order chi connectivity index (χ0) is 14.9. The van der Waals surface area contributed by atoms with Crippen molar-refractivity contribution < 1.29 is 9.53 Å². The van der Waals surface area contributed by atoms with E-state index in [4.69, 9.17) is 4.74 Å². The summed E-state index contributed by atoms with van der Waals surface area (Å²) in [5, 5.41) is 5.99. The number of ether oxygens (including phenoxy) is 1. The first-order valence-corrected chi connectivity index (χ1v) is 7.92. The molecule has 0 aromatic heterocycles. The molecular weight excluding hydrogens is 264 g/mol. The maximum Gasteiger partial charge on any atom is 0.315 e. The fraction of sp³-hybridized carbons (Fsp3) is 0.588. The van der Waals surface area contributed by atoms with Crippen LogP contribution in [0.4, 0.5) is 4.79 Å². The van der Waals surface area contributed by atoms with Crippen molar-refractivity contribution in [3.8, 4) is 0 Å². The summed E-state index contributed by atoms with van der Waals surface area (Å²) in [7, 11) is 0. The Morgan fingerprint density at radius 2 is 2.10 bits per heavy atom. The van der Waals surface area contributed by atoms with Crippen LogP contribution in [0, 0.1) is 5.92 Å². The lowest BCUT2D eigenvalue weighted by molar-refractivity contribution is 0.0419. The van der Waals surface area contributed by atoms with Crippen molar-refractivity contribution in [2.75, 3.05) is 19.8 Å². The number of amides is 2. The number of aryl methyl sites for hydroxylation is 1. The molecule has 1 fully saturated rings. The van der Waals surface area contributed by atoms with Crippen molar-refractivity contribution >= 4 is 6.03 Å². The van der Waals surface area contributed by atoms with Crippen LogP contribution in [0.5, 0.6) is 0 Å². The molecule has 0 aliphatic carbocycles. The molecule has 2 amide bonds. The first kappa shape index (κ1) is 15.8. The first-order valence-electron chi connectivity index (χ1n) is 7.92. The standard InChI is InChI=1S/C17H26N2O2/c1-14-13-21-12-10-16(14)19-17(20)18-11-6-5-9-15-7-3-2-4-8-15/h2-4,7-8,14,16H,5-6,9-13H2,1H3,(H2,18,19,20). The molecule has 116 valence electrons. The lowest BCUT2D eigenvalue weighted by atomic mass is 9.98. The topological polar surface area (TPSA) is 50.4 Å². The van der Waals surface area contributed by atoms with Gasteiger partial charge in [-0.3, -0.25) is 0 Å². The lowest BCUT2D eigenvalue weighted by Crippen LogP contribution is -2.48. The SMILES string of the molecule is CC1COCCC1NC(=O)NCCCCc1ccccc1. The second kappa shape index (κ2) is 8.67. The highest BCUT2D eigenvalue weighted by Gasteiger charge is 2.23. The van der Waals surface area contributed by atoms with Crippen LogP contribution in [0.15, 0.2) is 30.3 Å². The van der Waals surface area contributed by atoms with E-state index in [-0.39, 0.29) is 12.1 Å². The first-order chi connectivity index (χ1) is 10.3. The number of unbranched alkanes of at least 4 members (excludes halogenated alkanes) is 1. The van der Waals surface area contributed by atoms with Gasteiger partial charge in [-0.05, 0) is 37.2 Å². The van der Waals surface area contributed by atoms with E-state index in [1.165, 1.54) is 5.56 Å². The molecular formula is C17H26N2O2. The Morgan fingerprint density at radius 3 is 2.86 bits per heavy atom. The van der Waals surface area contributed by atoms with Gasteiger partial charge in [0.05, 0.1) is 6.61 Å². The molecule has 0 bridgehead atoms. The Kier molecular flexibility index (Phi) is 6.54. The molecule has 0 spiro atoms. The molecule has 2 unspecified atom stereocenters. The van der Waals surface area contributed by atoms with Gasteiger partial charge in [0, 0.05) is 19.2 Å². The van der Waals surface area contributed by atoms with Gasteiger partial charge in [-0.15, -0.1) is 0 Å². The van der Waals surface area contributed by atoms with Gasteiger partial charge >= 0.3 is 6.03 Å². The predicted octanol–water partition coefficient (Wildman–Crippen LogP) is 2.73. The van der Waals surface area contributed by atoms with E-state index in [0.717, 1.165) is 45.4 Å². The van der Waals surface area contributed by atoms with Crippen molar-refractivity contribution in [3.63, 3.8) is 0 Å². The Hall–Kier alpha value is -1.55. The largest absolute Gasteiger partial charge is 0.381 e. The second-order valence-electron chi connectivity index (χ2n) is 5.79. The Balaban J connectivity index is 1.55. The number of nitrogens with one attached hydrogen (secondary N) is 2. The molecule has 2 N–H and O–H groups in total. The molecule has 4 heteroatoms. The lowest BCUT2D eigenvalue weighted by Gasteiger charge is -2.29. The minimum atomic E-state index is -0.0477. The van der Waals surface area contributed by atoms with Gasteiger partial charge in [-0.25, -0.2) is 4.79 Å². The van der Waals surface area contributed by atoms with E-state index in [2.05, 4.69) is 41.8 Å². The summed E-state index contributed by atoms with van der Waals surface area (Å²) < 4.78 is 5.38. The van der Waals surface area contributed by atoms with Crippen LogP contribution >= 0.6 is 0 Å². The average Bonchev–Trinajstić information content (AvgIpc) is 2.50. The summed E-state index contributed by atoms with van der Waals surface area (Å²) in [5.41, 5.74) is 1.36. The number of hydrogen-bond donors (Lipinski definition) is 2. The highest BCUT2D eigenvalue weighted by molar-refractivity contribution is 5.74.